The van der Waals surface area contributed by atoms with Crippen LogP contribution in [0.4, 0.5) is 11.4 Å². The number of sulfonamides is 1. The molecule has 0 saturated heterocycles. The van der Waals surface area contributed by atoms with E-state index in [4.69, 9.17) is 9.47 Å². The number of fused-ring (bicyclic) bond motifs is 1. The van der Waals surface area contributed by atoms with Gasteiger partial charge in [-0.15, -0.1) is 4.40 Å². The normalized spacial score (nSPS) is 14.9. The van der Waals surface area contributed by atoms with Gasteiger partial charge in [0.15, 0.2) is 6.61 Å². The van der Waals surface area contributed by atoms with Gasteiger partial charge in [-0.25, -0.2) is 0 Å². The van der Waals surface area contributed by atoms with Crippen molar-refractivity contribution in [3.63, 3.8) is 0 Å². The Hall–Kier alpha value is -3.40. The molecule has 0 aliphatic carbocycles. The van der Waals surface area contributed by atoms with Gasteiger partial charge in [0.25, 0.3) is 15.9 Å². The molecule has 0 saturated carbocycles. The average molecular weight is 460 g/mol. The quantitative estimate of drug-likeness (QED) is 0.552. The highest BCUT2D eigenvalue weighted by Gasteiger charge is 2.25. The van der Waals surface area contributed by atoms with Crippen molar-refractivity contribution in [3.8, 4) is 5.75 Å². The lowest BCUT2D eigenvalue weighted by Gasteiger charge is -2.20. The van der Waals surface area contributed by atoms with Crippen LogP contribution in [-0.4, -0.2) is 39.3 Å². The zero-order valence-corrected chi connectivity index (χ0v) is 18.6. The Balaban J connectivity index is 1.48. The maximum absolute atomic E-state index is 12.3. The number of benzene rings is 2. The van der Waals surface area contributed by atoms with Crippen LogP contribution in [-0.2, 0) is 24.3 Å². The molecule has 1 heterocycles. The van der Waals surface area contributed by atoms with Gasteiger partial charge < -0.3 is 20.1 Å². The average Bonchev–Trinajstić information content (AvgIpc) is 2.73. The van der Waals surface area contributed by atoms with Gasteiger partial charge in [-0.05, 0) is 37.1 Å². The Labute approximate surface area is 186 Å². The fourth-order valence-corrected chi connectivity index (χ4v) is 4.34. The highest BCUT2D eigenvalue weighted by molar-refractivity contribution is 7.90. The lowest BCUT2D eigenvalue weighted by Crippen LogP contribution is -2.25. The Morgan fingerprint density at radius 2 is 1.84 bits per heavy atom. The Bertz CT molecular complexity index is 1130. The summed E-state index contributed by atoms with van der Waals surface area (Å²) in [6, 6.07) is 13.5. The van der Waals surface area contributed by atoms with E-state index in [0.717, 1.165) is 0 Å². The summed E-state index contributed by atoms with van der Waals surface area (Å²) in [6.45, 7) is 3.63. The fraction of sp³-hybridized carbons (Fsp3) is 0.318. The zero-order chi connectivity index (χ0) is 23.1. The number of carbonyl (C=O) groups excluding carboxylic acids is 2. The molecular formula is C22H25N3O6S. The van der Waals surface area contributed by atoms with Crippen LogP contribution in [0, 0.1) is 5.92 Å². The lowest BCUT2D eigenvalue weighted by molar-refractivity contribution is -0.148. The number of amides is 1. The largest absolute Gasteiger partial charge is 0.492 e. The summed E-state index contributed by atoms with van der Waals surface area (Å²) < 4.78 is 38.9. The van der Waals surface area contributed by atoms with Crippen LogP contribution in [0.2, 0.25) is 0 Å². The van der Waals surface area contributed by atoms with Crippen LogP contribution in [0.3, 0.4) is 0 Å². The molecule has 170 valence electrons. The van der Waals surface area contributed by atoms with E-state index in [2.05, 4.69) is 15.0 Å². The topological polar surface area (TPSA) is 123 Å². The number of ether oxygens (including phenoxy) is 2. The molecule has 1 amide bonds. The predicted molar refractivity (Wildman–Crippen MR) is 120 cm³/mol. The zero-order valence-electron chi connectivity index (χ0n) is 17.8. The fourth-order valence-electron chi connectivity index (χ4n) is 3.18. The van der Waals surface area contributed by atoms with Gasteiger partial charge in [-0.3, -0.25) is 9.59 Å². The summed E-state index contributed by atoms with van der Waals surface area (Å²) >= 11 is 0. The highest BCUT2D eigenvalue weighted by atomic mass is 32.2. The standard InChI is InChI=1S/C22H25N3O6S/c1-3-30-18-10-6-4-8-16(18)24-21(26)14-31-22(27)13-15(2)12-20-23-17-9-5-7-11-19(17)32(28,29)25-20/h4-11,15H,3,12-14H2,1-2H3,(H,23,25)(H,24,26)/t15-/m1/s1. The summed E-state index contributed by atoms with van der Waals surface area (Å²) in [5, 5.41) is 5.64. The molecule has 2 aromatic carbocycles. The monoisotopic (exact) mass is 459 g/mol. The molecule has 1 aliphatic rings. The van der Waals surface area contributed by atoms with Crippen LogP contribution in [0.1, 0.15) is 26.7 Å². The van der Waals surface area contributed by atoms with E-state index in [1.54, 1.807) is 49.4 Å². The Kier molecular flexibility index (Phi) is 7.47. The molecule has 1 aliphatic heterocycles. The van der Waals surface area contributed by atoms with Crippen molar-refractivity contribution in [3.05, 3.63) is 48.5 Å². The molecule has 2 N–H and O–H groups in total. The number of hydrogen-bond donors (Lipinski definition) is 2. The summed E-state index contributed by atoms with van der Waals surface area (Å²) in [7, 11) is -3.78. The predicted octanol–water partition coefficient (Wildman–Crippen LogP) is 3.20. The SMILES string of the molecule is CCOc1ccccc1NC(=O)COC(=O)C[C@H](C)CC1=NS(=O)(=O)c2ccccc2N1. The van der Waals surface area contributed by atoms with E-state index < -0.39 is 28.5 Å². The minimum absolute atomic E-state index is 0.00517. The molecule has 32 heavy (non-hydrogen) atoms. The number of nitrogens with zero attached hydrogens (tertiary/aromatic N) is 1. The summed E-state index contributed by atoms with van der Waals surface area (Å²) in [4.78, 5) is 24.4. The van der Waals surface area contributed by atoms with Crippen molar-refractivity contribution >= 4 is 39.1 Å². The van der Waals surface area contributed by atoms with Crippen LogP contribution in [0.25, 0.3) is 0 Å². The van der Waals surface area contributed by atoms with Crippen molar-refractivity contribution < 1.29 is 27.5 Å². The molecule has 1 atom stereocenters. The van der Waals surface area contributed by atoms with Crippen LogP contribution < -0.4 is 15.4 Å². The Morgan fingerprint density at radius 1 is 1.12 bits per heavy atom. The van der Waals surface area contributed by atoms with Crippen molar-refractivity contribution in [1.82, 2.24) is 0 Å². The second-order valence-corrected chi connectivity index (χ2v) is 8.86. The number of para-hydroxylation sites is 3. The van der Waals surface area contributed by atoms with Crippen molar-refractivity contribution in [2.24, 2.45) is 10.3 Å². The third kappa shape index (κ3) is 6.07. The molecule has 0 aromatic heterocycles. The van der Waals surface area contributed by atoms with Gasteiger partial charge in [0.1, 0.15) is 16.5 Å². The van der Waals surface area contributed by atoms with Gasteiger partial charge in [-0.1, -0.05) is 31.2 Å². The van der Waals surface area contributed by atoms with Crippen LogP contribution in [0.5, 0.6) is 5.75 Å². The lowest BCUT2D eigenvalue weighted by atomic mass is 10.0. The number of anilines is 2. The number of carbonyl (C=O) groups is 2. The molecule has 0 bridgehead atoms. The van der Waals surface area contributed by atoms with Gasteiger partial charge >= 0.3 is 5.97 Å². The maximum Gasteiger partial charge on any atom is 0.306 e. The van der Waals surface area contributed by atoms with E-state index in [1.165, 1.54) is 6.07 Å². The Morgan fingerprint density at radius 3 is 2.62 bits per heavy atom. The van der Waals surface area contributed by atoms with Crippen molar-refractivity contribution in [2.75, 3.05) is 23.8 Å². The molecule has 0 spiro atoms. The van der Waals surface area contributed by atoms with Crippen molar-refractivity contribution in [1.29, 1.82) is 0 Å². The highest BCUT2D eigenvalue weighted by Crippen LogP contribution is 2.28. The summed E-state index contributed by atoms with van der Waals surface area (Å²) in [6.07, 6.45) is 0.238. The minimum atomic E-state index is -3.78. The van der Waals surface area contributed by atoms with E-state index in [0.29, 0.717) is 23.7 Å². The summed E-state index contributed by atoms with van der Waals surface area (Å²) in [5.74, 6) is -0.518. The smallest absolute Gasteiger partial charge is 0.306 e. The number of amidine groups is 1. The summed E-state index contributed by atoms with van der Waals surface area (Å²) in [5.41, 5.74) is 0.947. The first-order valence-electron chi connectivity index (χ1n) is 10.2. The molecule has 9 nitrogen and oxygen atoms in total. The first-order valence-corrected chi connectivity index (χ1v) is 11.6. The molecule has 0 fully saturated rings. The third-order valence-electron chi connectivity index (χ3n) is 4.56. The van der Waals surface area contributed by atoms with Crippen LogP contribution in [0.15, 0.2) is 57.8 Å². The molecular weight excluding hydrogens is 434 g/mol. The van der Waals surface area contributed by atoms with E-state index in [9.17, 15) is 18.0 Å². The number of hydrogen-bond acceptors (Lipinski definition) is 7. The second-order valence-electron chi connectivity index (χ2n) is 7.29. The first-order chi connectivity index (χ1) is 15.3. The van der Waals surface area contributed by atoms with Gasteiger partial charge in [0.05, 0.1) is 18.0 Å². The van der Waals surface area contributed by atoms with Gasteiger partial charge in [0.2, 0.25) is 0 Å². The van der Waals surface area contributed by atoms with E-state index in [-0.39, 0.29) is 29.5 Å². The van der Waals surface area contributed by atoms with Crippen molar-refractivity contribution in [2.45, 2.75) is 31.6 Å². The van der Waals surface area contributed by atoms with Gasteiger partial charge in [-0.2, -0.15) is 8.42 Å². The maximum atomic E-state index is 12.3. The molecule has 0 radical (unpaired) electrons. The van der Waals surface area contributed by atoms with Crippen LogP contribution >= 0.6 is 0 Å². The molecule has 10 heteroatoms. The van der Waals surface area contributed by atoms with E-state index >= 15 is 0 Å². The molecule has 2 aromatic rings. The first kappa shape index (κ1) is 23.3. The molecule has 3 rings (SSSR count). The van der Waals surface area contributed by atoms with Gasteiger partial charge in [0, 0.05) is 12.8 Å². The second kappa shape index (κ2) is 10.3. The third-order valence-corrected chi connectivity index (χ3v) is 5.93. The minimum Gasteiger partial charge on any atom is -0.492 e. The number of nitrogens with one attached hydrogen (secondary N) is 2. The molecule has 0 unspecified atom stereocenters. The number of rotatable bonds is 9. The number of esters is 1. The van der Waals surface area contributed by atoms with E-state index in [1.807, 2.05) is 6.92 Å².